The van der Waals surface area contributed by atoms with Crippen molar-refractivity contribution < 1.29 is 23.1 Å². The number of nitrogens with one attached hydrogen (secondary N) is 1. The fraction of sp³-hybridized carbons (Fsp3) is 0.538. The van der Waals surface area contributed by atoms with Gasteiger partial charge < -0.3 is 10.1 Å². The minimum Gasteiger partial charge on any atom is -0.465 e. The number of amides is 1. The van der Waals surface area contributed by atoms with Crippen molar-refractivity contribution in [2.24, 2.45) is 5.92 Å². The van der Waals surface area contributed by atoms with Crippen LogP contribution >= 0.6 is 11.3 Å². The zero-order valence-corrected chi connectivity index (χ0v) is 11.8. The summed E-state index contributed by atoms with van der Waals surface area (Å²) >= 11 is 1.16. The Labute approximate surface area is 119 Å². The number of methoxy groups -OCH3 is 1. The second-order valence-electron chi connectivity index (χ2n) is 4.77. The summed E-state index contributed by atoms with van der Waals surface area (Å²) < 4.78 is 30.7. The molecule has 0 saturated heterocycles. The number of alkyl halides is 2. The van der Waals surface area contributed by atoms with Gasteiger partial charge in [-0.05, 0) is 24.3 Å². The van der Waals surface area contributed by atoms with Crippen LogP contribution in [0.3, 0.4) is 0 Å². The lowest BCUT2D eigenvalue weighted by Gasteiger charge is -2.27. The Morgan fingerprint density at radius 2 is 2.05 bits per heavy atom. The number of halogens is 2. The Morgan fingerprint density at radius 1 is 1.40 bits per heavy atom. The van der Waals surface area contributed by atoms with E-state index in [0.29, 0.717) is 10.6 Å². The molecule has 7 heteroatoms. The van der Waals surface area contributed by atoms with Crippen LogP contribution in [0.4, 0.5) is 14.5 Å². The highest BCUT2D eigenvalue weighted by atomic mass is 32.1. The average molecular weight is 303 g/mol. The minimum absolute atomic E-state index is 0.163. The lowest BCUT2D eigenvalue weighted by Crippen LogP contribution is -2.32. The predicted octanol–water partition coefficient (Wildman–Crippen LogP) is 3.30. The lowest BCUT2D eigenvalue weighted by molar-refractivity contribution is -0.124. The molecule has 2 rings (SSSR count). The molecule has 0 aromatic carbocycles. The largest absolute Gasteiger partial charge is 0.465 e. The molecular weight excluding hydrogens is 288 g/mol. The summed E-state index contributed by atoms with van der Waals surface area (Å²) in [6.45, 7) is 0. The zero-order valence-electron chi connectivity index (χ0n) is 10.9. The topological polar surface area (TPSA) is 55.4 Å². The van der Waals surface area contributed by atoms with E-state index in [1.165, 1.54) is 7.11 Å². The van der Waals surface area contributed by atoms with Crippen LogP contribution in [0.15, 0.2) is 11.4 Å². The molecule has 0 spiro atoms. The minimum atomic E-state index is -2.66. The first kappa shape index (κ1) is 14.9. The van der Waals surface area contributed by atoms with Gasteiger partial charge in [-0.25, -0.2) is 13.6 Å². The van der Waals surface area contributed by atoms with Gasteiger partial charge in [0.05, 0.1) is 12.8 Å². The van der Waals surface area contributed by atoms with Gasteiger partial charge in [0.2, 0.25) is 11.8 Å². The summed E-state index contributed by atoms with van der Waals surface area (Å²) in [5.41, 5.74) is 0.379. The van der Waals surface area contributed by atoms with Crippen LogP contribution in [0.25, 0.3) is 0 Å². The van der Waals surface area contributed by atoms with E-state index in [4.69, 9.17) is 0 Å². The Balaban J connectivity index is 1.99. The van der Waals surface area contributed by atoms with Crippen molar-refractivity contribution in [2.45, 2.75) is 31.6 Å². The van der Waals surface area contributed by atoms with E-state index in [9.17, 15) is 18.4 Å². The molecule has 1 N–H and O–H groups in total. The first-order valence-electron chi connectivity index (χ1n) is 6.27. The second-order valence-corrected chi connectivity index (χ2v) is 5.69. The van der Waals surface area contributed by atoms with Gasteiger partial charge in [-0.15, -0.1) is 11.3 Å². The number of ether oxygens (including phenoxy) is 1. The van der Waals surface area contributed by atoms with Crippen LogP contribution in [0.1, 0.15) is 35.4 Å². The molecular formula is C13H15F2NO3S. The van der Waals surface area contributed by atoms with Gasteiger partial charge in [-0.2, -0.15) is 0 Å². The molecule has 0 unspecified atom stereocenters. The normalized spacial score (nSPS) is 18.6. The van der Waals surface area contributed by atoms with Crippen LogP contribution < -0.4 is 5.32 Å². The van der Waals surface area contributed by atoms with E-state index >= 15 is 0 Å². The summed E-state index contributed by atoms with van der Waals surface area (Å²) in [6.07, 6.45) is -0.204. The fourth-order valence-electron chi connectivity index (χ4n) is 2.20. The number of rotatable bonds is 3. The molecule has 20 heavy (non-hydrogen) atoms. The van der Waals surface area contributed by atoms with E-state index in [1.54, 1.807) is 11.4 Å². The highest BCUT2D eigenvalue weighted by Gasteiger charge is 2.37. The summed E-state index contributed by atoms with van der Waals surface area (Å²) in [5, 5.41) is 4.29. The summed E-state index contributed by atoms with van der Waals surface area (Å²) in [4.78, 5) is 23.8. The van der Waals surface area contributed by atoms with E-state index in [2.05, 4.69) is 10.1 Å². The van der Waals surface area contributed by atoms with Gasteiger partial charge in [0.25, 0.3) is 0 Å². The molecule has 1 aliphatic carbocycles. The van der Waals surface area contributed by atoms with Crippen molar-refractivity contribution in [1.29, 1.82) is 0 Å². The van der Waals surface area contributed by atoms with Gasteiger partial charge >= 0.3 is 5.97 Å². The number of carbonyl (C=O) groups is 2. The summed E-state index contributed by atoms with van der Waals surface area (Å²) in [6, 6.07) is 1.60. The Kier molecular flexibility index (Phi) is 4.37. The van der Waals surface area contributed by atoms with Crippen LogP contribution in [0, 0.1) is 5.92 Å². The SMILES string of the molecule is COC(=O)c1sccc1NC(=O)C1CCC(F)(F)CC1. The lowest BCUT2D eigenvalue weighted by atomic mass is 9.86. The standard InChI is InChI=1S/C13H15F2NO3S/c1-19-12(18)10-9(4-7-20-10)16-11(17)8-2-5-13(14,15)6-3-8/h4,7-8H,2-3,5-6H2,1H3,(H,16,17). The van der Waals surface area contributed by atoms with Crippen molar-refractivity contribution in [3.8, 4) is 0 Å². The first-order valence-corrected chi connectivity index (χ1v) is 7.15. The molecule has 0 bridgehead atoms. The van der Waals surface area contributed by atoms with Crippen molar-refractivity contribution in [1.82, 2.24) is 0 Å². The van der Waals surface area contributed by atoms with Gasteiger partial charge in [0.15, 0.2) is 0 Å². The molecule has 4 nitrogen and oxygen atoms in total. The maximum absolute atomic E-state index is 13.0. The molecule has 1 fully saturated rings. The van der Waals surface area contributed by atoms with Crippen molar-refractivity contribution in [3.05, 3.63) is 16.3 Å². The maximum Gasteiger partial charge on any atom is 0.350 e. The maximum atomic E-state index is 13.0. The van der Waals surface area contributed by atoms with Crippen molar-refractivity contribution in [3.63, 3.8) is 0 Å². The van der Waals surface area contributed by atoms with Crippen LogP contribution in [0.5, 0.6) is 0 Å². The zero-order chi connectivity index (χ0) is 14.8. The quantitative estimate of drug-likeness (QED) is 0.872. The van der Waals surface area contributed by atoms with Gasteiger partial charge in [-0.3, -0.25) is 4.79 Å². The van der Waals surface area contributed by atoms with Gasteiger partial charge in [0.1, 0.15) is 4.88 Å². The molecule has 1 aliphatic rings. The van der Waals surface area contributed by atoms with E-state index in [-0.39, 0.29) is 31.6 Å². The number of hydrogen-bond donors (Lipinski definition) is 1. The van der Waals surface area contributed by atoms with Crippen LogP contribution in [-0.4, -0.2) is 24.9 Å². The fourth-order valence-corrected chi connectivity index (χ4v) is 2.96. The third-order valence-corrected chi connectivity index (χ3v) is 4.28. The summed E-state index contributed by atoms with van der Waals surface area (Å²) in [7, 11) is 1.26. The molecule has 1 amide bonds. The third-order valence-electron chi connectivity index (χ3n) is 3.38. The van der Waals surface area contributed by atoms with Gasteiger partial charge in [0, 0.05) is 18.8 Å². The Morgan fingerprint density at radius 3 is 2.65 bits per heavy atom. The van der Waals surface area contributed by atoms with Crippen LogP contribution in [-0.2, 0) is 9.53 Å². The molecule has 1 aromatic rings. The number of hydrogen-bond acceptors (Lipinski definition) is 4. The predicted molar refractivity (Wildman–Crippen MR) is 71.2 cm³/mol. The smallest absolute Gasteiger partial charge is 0.350 e. The molecule has 0 radical (unpaired) electrons. The number of esters is 1. The molecule has 0 atom stereocenters. The Hall–Kier alpha value is -1.50. The van der Waals surface area contributed by atoms with E-state index in [0.717, 1.165) is 11.3 Å². The molecule has 1 saturated carbocycles. The molecule has 0 aliphatic heterocycles. The number of thiophene rings is 1. The second kappa shape index (κ2) is 5.87. The summed E-state index contributed by atoms with van der Waals surface area (Å²) in [5.74, 6) is -3.93. The third kappa shape index (κ3) is 3.33. The van der Waals surface area contributed by atoms with Crippen molar-refractivity contribution >= 4 is 28.9 Å². The number of anilines is 1. The van der Waals surface area contributed by atoms with E-state index < -0.39 is 17.8 Å². The van der Waals surface area contributed by atoms with Crippen molar-refractivity contribution in [2.75, 3.05) is 12.4 Å². The highest BCUT2D eigenvalue weighted by Crippen LogP contribution is 2.36. The molecule has 1 aromatic heterocycles. The number of carbonyl (C=O) groups excluding carboxylic acids is 2. The molecule has 110 valence electrons. The average Bonchev–Trinajstić information content (AvgIpc) is 2.85. The Bertz CT molecular complexity index is 505. The monoisotopic (exact) mass is 303 g/mol. The van der Waals surface area contributed by atoms with Gasteiger partial charge in [-0.1, -0.05) is 0 Å². The molecule has 1 heterocycles. The van der Waals surface area contributed by atoms with Crippen LogP contribution in [0.2, 0.25) is 0 Å². The van der Waals surface area contributed by atoms with E-state index in [1.807, 2.05) is 0 Å². The highest BCUT2D eigenvalue weighted by molar-refractivity contribution is 7.12. The first-order chi connectivity index (χ1) is 9.43.